The van der Waals surface area contributed by atoms with Crippen LogP contribution in [0.3, 0.4) is 0 Å². The third-order valence-electron chi connectivity index (χ3n) is 2.97. The molecule has 0 bridgehead atoms. The van der Waals surface area contributed by atoms with E-state index in [0.29, 0.717) is 11.3 Å². The van der Waals surface area contributed by atoms with Crippen LogP contribution in [0.25, 0.3) is 0 Å². The molecular weight excluding hydrogens is 345 g/mol. The Balaban J connectivity index is 1.98. The van der Waals surface area contributed by atoms with Crippen LogP contribution in [-0.4, -0.2) is 32.2 Å². The summed E-state index contributed by atoms with van der Waals surface area (Å²) in [5, 5.41) is 9.06. The minimum Gasteiger partial charge on any atom is -0.325 e. The number of hydrogen-bond donors (Lipinski definition) is 1. The van der Waals surface area contributed by atoms with Gasteiger partial charge in [0.15, 0.2) is 10.9 Å². The molecule has 0 fully saturated rings. The first kappa shape index (κ1) is 18.0. The molecule has 24 heavy (non-hydrogen) atoms. The van der Waals surface area contributed by atoms with Crippen molar-refractivity contribution < 1.29 is 22.8 Å². The topological polar surface area (TPSA) is 76.9 Å². The van der Waals surface area contributed by atoms with E-state index >= 15 is 0 Å². The van der Waals surface area contributed by atoms with Gasteiger partial charge in [0.1, 0.15) is 0 Å². The van der Waals surface area contributed by atoms with Crippen molar-refractivity contribution in [3.63, 3.8) is 0 Å². The van der Waals surface area contributed by atoms with E-state index in [0.717, 1.165) is 16.3 Å². The van der Waals surface area contributed by atoms with E-state index < -0.39 is 17.9 Å². The predicted molar refractivity (Wildman–Crippen MR) is 81.8 cm³/mol. The Kier molecular flexibility index (Phi) is 5.27. The summed E-state index contributed by atoms with van der Waals surface area (Å²) in [6.45, 7) is 1.41. The number of Topliss-reactive ketones (excluding diaryl/α,β-unsaturated/α-hetero) is 1. The molecule has 0 unspecified atom stereocenters. The number of hydrogen-bond acceptors (Lipinski definition) is 5. The normalized spacial score (nSPS) is 11.4. The Hall–Kier alpha value is -2.36. The summed E-state index contributed by atoms with van der Waals surface area (Å²) in [4.78, 5) is 23.2. The van der Waals surface area contributed by atoms with Gasteiger partial charge >= 0.3 is 6.18 Å². The van der Waals surface area contributed by atoms with E-state index in [9.17, 15) is 22.8 Å². The summed E-state index contributed by atoms with van der Waals surface area (Å²) >= 11 is 0.832. The highest BCUT2D eigenvalue weighted by Gasteiger charge is 2.37. The zero-order valence-corrected chi connectivity index (χ0v) is 13.5. The number of benzene rings is 1. The molecule has 1 N–H and O–H groups in total. The van der Waals surface area contributed by atoms with E-state index in [-0.39, 0.29) is 16.7 Å². The number of thioether (sulfide) groups is 1. The molecule has 1 aromatic carbocycles. The first-order valence-corrected chi connectivity index (χ1v) is 7.67. The van der Waals surface area contributed by atoms with Crippen molar-refractivity contribution in [1.29, 1.82) is 0 Å². The number of ketones is 1. The highest BCUT2D eigenvalue weighted by atomic mass is 32.2. The van der Waals surface area contributed by atoms with Gasteiger partial charge in [-0.05, 0) is 19.1 Å². The Morgan fingerprint density at radius 1 is 1.29 bits per heavy atom. The number of nitrogens with one attached hydrogen (secondary N) is 1. The Morgan fingerprint density at radius 2 is 2.00 bits per heavy atom. The van der Waals surface area contributed by atoms with Crippen LogP contribution < -0.4 is 5.32 Å². The van der Waals surface area contributed by atoms with Crippen molar-refractivity contribution in [2.45, 2.75) is 18.3 Å². The number of rotatable bonds is 5. The molecule has 0 atom stereocenters. The average Bonchev–Trinajstić information content (AvgIpc) is 2.86. The molecule has 0 saturated heterocycles. The number of anilines is 1. The van der Waals surface area contributed by atoms with Crippen LogP contribution in [0.1, 0.15) is 23.1 Å². The third kappa shape index (κ3) is 4.34. The van der Waals surface area contributed by atoms with Crippen LogP contribution in [0, 0.1) is 0 Å². The number of aromatic nitrogens is 3. The van der Waals surface area contributed by atoms with Gasteiger partial charge in [0.25, 0.3) is 0 Å². The second kappa shape index (κ2) is 7.04. The highest BCUT2D eigenvalue weighted by Crippen LogP contribution is 2.29. The number of halogens is 3. The van der Waals surface area contributed by atoms with Gasteiger partial charge in [-0.15, -0.1) is 10.2 Å². The fraction of sp³-hybridized carbons (Fsp3) is 0.286. The smallest absolute Gasteiger partial charge is 0.325 e. The van der Waals surface area contributed by atoms with Gasteiger partial charge in [-0.25, -0.2) is 0 Å². The minimum atomic E-state index is -4.60. The molecule has 1 amide bonds. The Labute approximate surface area is 139 Å². The first-order valence-electron chi connectivity index (χ1n) is 6.68. The van der Waals surface area contributed by atoms with Crippen molar-refractivity contribution in [3.05, 3.63) is 35.7 Å². The molecule has 0 aliphatic heterocycles. The van der Waals surface area contributed by atoms with E-state index in [4.69, 9.17) is 0 Å². The molecule has 10 heteroatoms. The van der Waals surface area contributed by atoms with Crippen molar-refractivity contribution >= 4 is 29.1 Å². The summed E-state index contributed by atoms with van der Waals surface area (Å²) in [6.07, 6.45) is -4.60. The van der Waals surface area contributed by atoms with Crippen LogP contribution in [0.2, 0.25) is 0 Å². The molecule has 2 aromatic rings. The lowest BCUT2D eigenvalue weighted by atomic mass is 10.1. The van der Waals surface area contributed by atoms with E-state index in [2.05, 4.69) is 15.5 Å². The van der Waals surface area contributed by atoms with Crippen molar-refractivity contribution in [1.82, 2.24) is 14.8 Å². The highest BCUT2D eigenvalue weighted by molar-refractivity contribution is 7.99. The van der Waals surface area contributed by atoms with Crippen molar-refractivity contribution in [2.24, 2.45) is 7.05 Å². The van der Waals surface area contributed by atoms with Gasteiger partial charge in [-0.3, -0.25) is 9.59 Å². The summed E-state index contributed by atoms with van der Waals surface area (Å²) in [5.74, 6) is -1.84. The molecule has 1 heterocycles. The number of nitrogens with zero attached hydrogens (tertiary/aromatic N) is 3. The van der Waals surface area contributed by atoms with E-state index in [1.165, 1.54) is 20.0 Å². The Morgan fingerprint density at radius 3 is 2.58 bits per heavy atom. The van der Waals surface area contributed by atoms with Crippen molar-refractivity contribution in [3.8, 4) is 0 Å². The molecule has 0 saturated carbocycles. The molecular formula is C14H13F3N4O2S. The summed E-state index contributed by atoms with van der Waals surface area (Å²) in [5.41, 5.74) is 0.880. The molecule has 0 aliphatic rings. The maximum atomic E-state index is 12.6. The third-order valence-corrected chi connectivity index (χ3v) is 3.99. The molecule has 0 aliphatic carbocycles. The second-order valence-corrected chi connectivity index (χ2v) is 5.78. The van der Waals surface area contributed by atoms with Crippen LogP contribution in [0.4, 0.5) is 18.9 Å². The SMILES string of the molecule is CC(=O)c1cccc(NC(=O)CSc2nnc(C(F)(F)F)n2C)c1. The average molecular weight is 358 g/mol. The van der Waals surface area contributed by atoms with Crippen LogP contribution in [-0.2, 0) is 18.0 Å². The quantitative estimate of drug-likeness (QED) is 0.657. The fourth-order valence-corrected chi connectivity index (χ4v) is 2.54. The van der Waals surface area contributed by atoms with Gasteiger partial charge in [0, 0.05) is 18.3 Å². The molecule has 1 aromatic heterocycles. The van der Waals surface area contributed by atoms with Crippen LogP contribution >= 0.6 is 11.8 Å². The van der Waals surface area contributed by atoms with Gasteiger partial charge in [0.2, 0.25) is 11.7 Å². The van der Waals surface area contributed by atoms with Crippen LogP contribution in [0.5, 0.6) is 0 Å². The lowest BCUT2D eigenvalue weighted by Gasteiger charge is -2.07. The monoisotopic (exact) mass is 358 g/mol. The zero-order valence-electron chi connectivity index (χ0n) is 12.7. The standard InChI is InChI=1S/C14H13F3N4O2S/c1-8(22)9-4-3-5-10(6-9)18-11(23)7-24-13-20-19-12(21(13)2)14(15,16)17/h3-6H,7H2,1-2H3,(H,18,23). The zero-order chi connectivity index (χ0) is 17.9. The number of amides is 1. The maximum Gasteiger partial charge on any atom is 0.451 e. The summed E-state index contributed by atoms with van der Waals surface area (Å²) in [6, 6.07) is 6.37. The van der Waals surface area contributed by atoms with E-state index in [1.54, 1.807) is 18.2 Å². The van der Waals surface area contributed by atoms with Gasteiger partial charge in [-0.1, -0.05) is 23.9 Å². The fourth-order valence-electron chi connectivity index (χ4n) is 1.83. The maximum absolute atomic E-state index is 12.6. The minimum absolute atomic E-state index is 0.0186. The lowest BCUT2D eigenvalue weighted by molar-refractivity contribution is -0.147. The predicted octanol–water partition coefficient (Wildman–Crippen LogP) is 2.77. The molecule has 128 valence electrons. The summed E-state index contributed by atoms with van der Waals surface area (Å²) < 4.78 is 38.6. The first-order chi connectivity index (χ1) is 11.2. The number of alkyl halides is 3. The molecule has 6 nitrogen and oxygen atoms in total. The second-order valence-electron chi connectivity index (χ2n) is 4.84. The number of carbonyl (C=O) groups is 2. The molecule has 0 radical (unpaired) electrons. The van der Waals surface area contributed by atoms with Gasteiger partial charge in [0.05, 0.1) is 5.75 Å². The number of carbonyl (C=O) groups excluding carboxylic acids is 2. The van der Waals surface area contributed by atoms with Gasteiger partial charge in [-0.2, -0.15) is 13.2 Å². The van der Waals surface area contributed by atoms with Crippen molar-refractivity contribution in [2.75, 3.05) is 11.1 Å². The van der Waals surface area contributed by atoms with Crippen LogP contribution in [0.15, 0.2) is 29.4 Å². The lowest BCUT2D eigenvalue weighted by Crippen LogP contribution is -2.15. The Bertz CT molecular complexity index is 774. The summed E-state index contributed by atoms with van der Waals surface area (Å²) in [7, 11) is 1.18. The largest absolute Gasteiger partial charge is 0.451 e. The molecule has 0 spiro atoms. The van der Waals surface area contributed by atoms with E-state index in [1.807, 2.05) is 0 Å². The van der Waals surface area contributed by atoms with Gasteiger partial charge < -0.3 is 9.88 Å². The molecule has 2 rings (SSSR count).